The Labute approximate surface area is 89.9 Å². The highest BCUT2D eigenvalue weighted by molar-refractivity contribution is 14.1. The zero-order valence-electron chi connectivity index (χ0n) is 7.04. The predicted molar refractivity (Wildman–Crippen MR) is 54.4 cm³/mol. The van der Waals surface area contributed by atoms with Crippen LogP contribution in [0.2, 0.25) is 0 Å². The quantitative estimate of drug-likeness (QED) is 0.766. The second kappa shape index (κ2) is 4.45. The summed E-state index contributed by atoms with van der Waals surface area (Å²) in [5, 5.41) is 10.4. The van der Waals surface area contributed by atoms with Crippen LogP contribution in [0.5, 0.6) is 5.75 Å². The number of ether oxygens (including phenoxy) is 1. The molecule has 0 aliphatic rings. The third-order valence-electron chi connectivity index (χ3n) is 1.59. The fraction of sp³-hybridized carbons (Fsp3) is 0.222. The Balaban J connectivity index is 2.96. The first-order chi connectivity index (χ1) is 6.13. The lowest BCUT2D eigenvalue weighted by atomic mass is 10.1. The van der Waals surface area contributed by atoms with Crippen LogP contribution in [0.4, 0.5) is 0 Å². The van der Waals surface area contributed by atoms with E-state index in [9.17, 15) is 9.90 Å². The lowest BCUT2D eigenvalue weighted by Gasteiger charge is -2.07. The van der Waals surface area contributed by atoms with E-state index in [0.717, 1.165) is 9.13 Å². The molecule has 0 saturated heterocycles. The fourth-order valence-corrected chi connectivity index (χ4v) is 1.50. The second-order valence-electron chi connectivity index (χ2n) is 2.51. The molecule has 0 atom stereocenters. The molecular weight excluding hydrogens is 283 g/mol. The molecule has 0 aliphatic heterocycles. The summed E-state index contributed by atoms with van der Waals surface area (Å²) in [6.45, 7) is 0. The zero-order chi connectivity index (χ0) is 9.84. The van der Waals surface area contributed by atoms with E-state index < -0.39 is 5.97 Å². The van der Waals surface area contributed by atoms with Crippen molar-refractivity contribution in [2.75, 3.05) is 7.11 Å². The van der Waals surface area contributed by atoms with Crippen molar-refractivity contribution in [2.24, 2.45) is 0 Å². The number of rotatable bonds is 3. The van der Waals surface area contributed by atoms with Gasteiger partial charge in [-0.3, -0.25) is 0 Å². The van der Waals surface area contributed by atoms with Crippen molar-refractivity contribution in [1.82, 2.24) is 0 Å². The van der Waals surface area contributed by atoms with Crippen LogP contribution in [0, 0.1) is 3.57 Å². The van der Waals surface area contributed by atoms with Gasteiger partial charge in [-0.25, -0.2) is 0 Å². The van der Waals surface area contributed by atoms with E-state index in [-0.39, 0.29) is 6.42 Å². The van der Waals surface area contributed by atoms with Crippen molar-refractivity contribution in [3.8, 4) is 5.75 Å². The number of hydrogen-bond acceptors (Lipinski definition) is 3. The molecule has 0 aliphatic carbocycles. The van der Waals surface area contributed by atoms with Gasteiger partial charge in [0.1, 0.15) is 5.75 Å². The summed E-state index contributed by atoms with van der Waals surface area (Å²) in [6.07, 6.45) is -0.0739. The molecule has 0 fully saturated rings. The van der Waals surface area contributed by atoms with Gasteiger partial charge in [0.25, 0.3) is 0 Å². The molecule has 0 amide bonds. The van der Waals surface area contributed by atoms with Crippen molar-refractivity contribution in [3.63, 3.8) is 0 Å². The monoisotopic (exact) mass is 291 g/mol. The van der Waals surface area contributed by atoms with Crippen molar-refractivity contribution in [1.29, 1.82) is 0 Å². The van der Waals surface area contributed by atoms with Gasteiger partial charge < -0.3 is 14.6 Å². The summed E-state index contributed by atoms with van der Waals surface area (Å²) in [6, 6.07) is 5.32. The number of carbonyl (C=O) groups is 1. The Hall–Kier alpha value is -0.780. The second-order valence-corrected chi connectivity index (χ2v) is 3.67. The maximum Gasteiger partial charge on any atom is 0.119 e. The molecule has 0 radical (unpaired) electrons. The average molecular weight is 291 g/mol. The zero-order valence-corrected chi connectivity index (χ0v) is 9.20. The van der Waals surface area contributed by atoms with Crippen LogP contribution >= 0.6 is 22.6 Å². The van der Waals surface area contributed by atoms with Crippen molar-refractivity contribution in [2.45, 2.75) is 6.42 Å². The number of halogens is 1. The number of carbonyl (C=O) groups excluding carboxylic acids is 1. The molecule has 0 N–H and O–H groups in total. The lowest BCUT2D eigenvalue weighted by molar-refractivity contribution is -0.304. The van der Waals surface area contributed by atoms with Gasteiger partial charge in [0.05, 0.1) is 7.11 Å². The van der Waals surface area contributed by atoms with Gasteiger partial charge in [-0.1, -0.05) is 0 Å². The van der Waals surface area contributed by atoms with Gasteiger partial charge in [-0.05, 0) is 46.4 Å². The molecule has 1 aromatic carbocycles. The molecule has 13 heavy (non-hydrogen) atoms. The first kappa shape index (κ1) is 10.3. The van der Waals surface area contributed by atoms with Crippen LogP contribution in [-0.4, -0.2) is 13.1 Å². The molecule has 1 aromatic rings. The Morgan fingerprint density at radius 2 is 2.31 bits per heavy atom. The highest BCUT2D eigenvalue weighted by Gasteiger charge is 2.01. The van der Waals surface area contributed by atoms with Crippen LogP contribution < -0.4 is 9.84 Å². The molecule has 70 valence electrons. The molecule has 0 aromatic heterocycles. The van der Waals surface area contributed by atoms with Crippen molar-refractivity contribution < 1.29 is 14.6 Å². The van der Waals surface area contributed by atoms with Crippen LogP contribution in [-0.2, 0) is 11.2 Å². The molecule has 0 spiro atoms. The highest BCUT2D eigenvalue weighted by atomic mass is 127. The SMILES string of the molecule is COc1ccc(I)c(CC(=O)[O-])c1. The lowest BCUT2D eigenvalue weighted by Crippen LogP contribution is -2.24. The third kappa shape index (κ3) is 2.87. The Morgan fingerprint density at radius 1 is 1.62 bits per heavy atom. The Morgan fingerprint density at radius 3 is 2.85 bits per heavy atom. The average Bonchev–Trinajstić information content (AvgIpc) is 2.08. The molecule has 4 heteroatoms. The Bertz CT molecular complexity index is 323. The fourth-order valence-electron chi connectivity index (χ4n) is 0.969. The maximum atomic E-state index is 10.4. The van der Waals surface area contributed by atoms with Crippen LogP contribution in [0.1, 0.15) is 5.56 Å². The van der Waals surface area contributed by atoms with E-state index in [1.807, 2.05) is 6.07 Å². The summed E-state index contributed by atoms with van der Waals surface area (Å²) in [5.74, 6) is -0.414. The summed E-state index contributed by atoms with van der Waals surface area (Å²) < 4.78 is 5.88. The van der Waals surface area contributed by atoms with E-state index in [0.29, 0.717) is 5.75 Å². The first-order valence-electron chi connectivity index (χ1n) is 3.65. The number of carboxylic acids is 1. The van der Waals surface area contributed by atoms with Gasteiger partial charge in [-0.2, -0.15) is 0 Å². The minimum atomic E-state index is -1.08. The van der Waals surface area contributed by atoms with Gasteiger partial charge in [0.15, 0.2) is 0 Å². The molecule has 0 saturated carbocycles. The normalized spacial score (nSPS) is 9.69. The van der Waals surface area contributed by atoms with Gasteiger partial charge in [-0.15, -0.1) is 0 Å². The molecule has 0 unspecified atom stereocenters. The smallest absolute Gasteiger partial charge is 0.119 e. The summed E-state index contributed by atoms with van der Waals surface area (Å²) >= 11 is 2.08. The number of benzene rings is 1. The van der Waals surface area contributed by atoms with Crippen LogP contribution in [0.3, 0.4) is 0 Å². The van der Waals surface area contributed by atoms with Crippen molar-refractivity contribution in [3.05, 3.63) is 27.3 Å². The summed E-state index contributed by atoms with van der Waals surface area (Å²) in [4.78, 5) is 10.4. The van der Waals surface area contributed by atoms with Gasteiger partial charge in [0, 0.05) is 16.0 Å². The number of aliphatic carboxylic acids is 1. The molecule has 0 heterocycles. The van der Waals surface area contributed by atoms with E-state index in [4.69, 9.17) is 4.74 Å². The predicted octanol–water partition coefficient (Wildman–Crippen LogP) is 0.592. The van der Waals surface area contributed by atoms with E-state index >= 15 is 0 Å². The summed E-state index contributed by atoms with van der Waals surface area (Å²) in [7, 11) is 1.55. The first-order valence-corrected chi connectivity index (χ1v) is 4.73. The molecule has 1 rings (SSSR count). The minimum Gasteiger partial charge on any atom is -0.550 e. The molecule has 3 nitrogen and oxygen atoms in total. The Kier molecular flexibility index (Phi) is 3.53. The van der Waals surface area contributed by atoms with Crippen LogP contribution in [0.25, 0.3) is 0 Å². The van der Waals surface area contributed by atoms with E-state index in [1.54, 1.807) is 19.2 Å². The standard InChI is InChI=1S/C9H9IO3/c1-13-7-2-3-8(10)6(4-7)5-9(11)12/h2-4H,5H2,1H3,(H,11,12)/p-1. The maximum absolute atomic E-state index is 10.4. The van der Waals surface area contributed by atoms with E-state index in [1.165, 1.54) is 0 Å². The van der Waals surface area contributed by atoms with Crippen LogP contribution in [0.15, 0.2) is 18.2 Å². The van der Waals surface area contributed by atoms with Gasteiger partial charge >= 0.3 is 0 Å². The minimum absolute atomic E-state index is 0.0739. The van der Waals surface area contributed by atoms with E-state index in [2.05, 4.69) is 22.6 Å². The van der Waals surface area contributed by atoms with Crippen molar-refractivity contribution >= 4 is 28.6 Å². The van der Waals surface area contributed by atoms with Gasteiger partial charge in [0.2, 0.25) is 0 Å². The number of hydrogen-bond donors (Lipinski definition) is 0. The largest absolute Gasteiger partial charge is 0.550 e. The topological polar surface area (TPSA) is 49.4 Å². The summed E-state index contributed by atoms with van der Waals surface area (Å²) in [5.41, 5.74) is 0.722. The number of carboxylic acid groups (broad SMARTS) is 1. The number of methoxy groups -OCH3 is 1. The highest BCUT2D eigenvalue weighted by Crippen LogP contribution is 2.19. The third-order valence-corrected chi connectivity index (χ3v) is 2.64. The molecular formula is C9H8IO3-. The molecule has 0 bridgehead atoms.